The van der Waals surface area contributed by atoms with Gasteiger partial charge in [-0.25, -0.2) is 0 Å². The molecule has 1 atom stereocenters. The number of carbonyl (C=O) groups excluding carboxylic acids is 1. The average Bonchev–Trinajstić information content (AvgIpc) is 3.01. The third-order valence-electron chi connectivity index (χ3n) is 4.11. The number of nitrogens with zero attached hydrogens (tertiary/aromatic N) is 1. The van der Waals surface area contributed by atoms with E-state index >= 15 is 0 Å². The molecule has 1 heterocycles. The van der Waals surface area contributed by atoms with Crippen LogP contribution in [0.5, 0.6) is 5.75 Å². The second kappa shape index (κ2) is 7.73. The maximum absolute atomic E-state index is 12.9. The molecule has 0 aliphatic carbocycles. The molecule has 0 bridgehead atoms. The van der Waals surface area contributed by atoms with Crippen LogP contribution in [0.15, 0.2) is 12.1 Å². The molecule has 0 saturated carbocycles. The summed E-state index contributed by atoms with van der Waals surface area (Å²) in [6.45, 7) is 4.95. The lowest BCUT2D eigenvalue weighted by Gasteiger charge is -2.28. The van der Waals surface area contributed by atoms with Crippen LogP contribution in [0.1, 0.15) is 41.3 Å². The number of benzene rings is 1. The van der Waals surface area contributed by atoms with Gasteiger partial charge in [-0.05, 0) is 56.5 Å². The van der Waals surface area contributed by atoms with Gasteiger partial charge in [0.25, 0.3) is 5.91 Å². The van der Waals surface area contributed by atoms with Crippen molar-refractivity contribution in [1.29, 1.82) is 0 Å². The van der Waals surface area contributed by atoms with Crippen molar-refractivity contribution in [3.8, 4) is 5.75 Å². The Balaban J connectivity index is 2.26. The van der Waals surface area contributed by atoms with Gasteiger partial charge in [-0.3, -0.25) is 4.79 Å². The highest BCUT2D eigenvalue weighted by Gasteiger charge is 2.27. The summed E-state index contributed by atoms with van der Waals surface area (Å²) >= 11 is 0. The van der Waals surface area contributed by atoms with Gasteiger partial charge in [-0.15, -0.1) is 0 Å². The van der Waals surface area contributed by atoms with Crippen LogP contribution in [0.3, 0.4) is 0 Å². The van der Waals surface area contributed by atoms with Crippen molar-refractivity contribution in [1.82, 2.24) is 10.2 Å². The van der Waals surface area contributed by atoms with Crippen LogP contribution >= 0.6 is 0 Å². The maximum Gasteiger partial charge on any atom is 0.387 e. The standard InChI is InChI=1S/C17H24F2N2O2/c1-4-7-21(14-5-6-20-10-14)16(22)13-8-11(2)15(12(3)9-13)23-17(18)19/h8-9,14,17,20H,4-7,10H2,1-3H3/t14-/m0/s1. The molecule has 1 N–H and O–H groups in total. The van der Waals surface area contributed by atoms with Gasteiger partial charge in [0.1, 0.15) is 5.75 Å². The second-order valence-electron chi connectivity index (χ2n) is 5.96. The summed E-state index contributed by atoms with van der Waals surface area (Å²) in [5, 5.41) is 3.27. The molecule has 1 aromatic rings. The molecule has 2 rings (SSSR count). The zero-order valence-corrected chi connectivity index (χ0v) is 13.9. The summed E-state index contributed by atoms with van der Waals surface area (Å²) in [6, 6.07) is 3.47. The minimum atomic E-state index is -2.87. The molecule has 1 aliphatic rings. The number of amides is 1. The molecular weight excluding hydrogens is 302 g/mol. The number of halogens is 2. The van der Waals surface area contributed by atoms with Crippen LogP contribution in [0.4, 0.5) is 8.78 Å². The monoisotopic (exact) mass is 326 g/mol. The van der Waals surface area contributed by atoms with E-state index in [4.69, 9.17) is 0 Å². The first-order valence-electron chi connectivity index (χ1n) is 8.01. The van der Waals surface area contributed by atoms with Gasteiger partial charge in [0.05, 0.1) is 0 Å². The van der Waals surface area contributed by atoms with Gasteiger partial charge < -0.3 is 15.0 Å². The van der Waals surface area contributed by atoms with Crippen molar-refractivity contribution in [3.63, 3.8) is 0 Å². The van der Waals surface area contributed by atoms with E-state index in [0.717, 1.165) is 25.9 Å². The van der Waals surface area contributed by atoms with Crippen molar-refractivity contribution in [3.05, 3.63) is 28.8 Å². The minimum absolute atomic E-state index is 0.0460. The van der Waals surface area contributed by atoms with Gasteiger partial charge in [-0.1, -0.05) is 6.92 Å². The molecule has 1 aliphatic heterocycles. The Morgan fingerprint density at radius 2 is 2.04 bits per heavy atom. The van der Waals surface area contributed by atoms with Crippen LogP contribution in [0.2, 0.25) is 0 Å². The highest BCUT2D eigenvalue weighted by atomic mass is 19.3. The van der Waals surface area contributed by atoms with Crippen LogP contribution in [0.25, 0.3) is 0 Å². The molecule has 0 radical (unpaired) electrons. The van der Waals surface area contributed by atoms with Gasteiger partial charge in [-0.2, -0.15) is 8.78 Å². The number of hydrogen-bond acceptors (Lipinski definition) is 3. The molecule has 6 heteroatoms. The van der Waals surface area contributed by atoms with Crippen LogP contribution in [0, 0.1) is 13.8 Å². The van der Waals surface area contributed by atoms with Gasteiger partial charge in [0, 0.05) is 24.7 Å². The van der Waals surface area contributed by atoms with Gasteiger partial charge in [0.15, 0.2) is 0 Å². The molecular formula is C17H24F2N2O2. The highest BCUT2D eigenvalue weighted by Crippen LogP contribution is 2.27. The predicted octanol–water partition coefficient (Wildman–Crippen LogP) is 3.12. The van der Waals surface area contributed by atoms with E-state index in [-0.39, 0.29) is 17.7 Å². The maximum atomic E-state index is 12.9. The van der Waals surface area contributed by atoms with Gasteiger partial charge >= 0.3 is 6.61 Å². The molecule has 1 amide bonds. The topological polar surface area (TPSA) is 41.6 Å². The van der Waals surface area contributed by atoms with E-state index in [1.807, 2.05) is 11.8 Å². The molecule has 128 valence electrons. The third kappa shape index (κ3) is 4.19. The lowest BCUT2D eigenvalue weighted by molar-refractivity contribution is -0.0507. The summed E-state index contributed by atoms with van der Waals surface area (Å²) < 4.78 is 29.5. The van der Waals surface area contributed by atoms with E-state index in [9.17, 15) is 13.6 Å². The van der Waals surface area contributed by atoms with Crippen molar-refractivity contribution >= 4 is 5.91 Å². The SMILES string of the molecule is CCCN(C(=O)c1cc(C)c(OC(F)F)c(C)c1)[C@H]1CCNC1. The largest absolute Gasteiger partial charge is 0.434 e. The Labute approximate surface area is 135 Å². The molecule has 0 aromatic heterocycles. The van der Waals surface area contributed by atoms with Crippen molar-refractivity contribution in [2.24, 2.45) is 0 Å². The van der Waals surface area contributed by atoms with Crippen LogP contribution < -0.4 is 10.1 Å². The van der Waals surface area contributed by atoms with E-state index in [1.165, 1.54) is 0 Å². The number of nitrogens with one attached hydrogen (secondary N) is 1. The minimum Gasteiger partial charge on any atom is -0.434 e. The first kappa shape index (κ1) is 17.7. The fourth-order valence-electron chi connectivity index (χ4n) is 3.11. The number of ether oxygens (including phenoxy) is 1. The number of carbonyl (C=O) groups is 1. The number of aryl methyl sites for hydroxylation is 2. The van der Waals surface area contributed by atoms with E-state index < -0.39 is 6.61 Å². The first-order valence-corrected chi connectivity index (χ1v) is 8.01. The Morgan fingerprint density at radius 1 is 1.39 bits per heavy atom. The van der Waals surface area contributed by atoms with Crippen molar-refractivity contribution < 1.29 is 18.3 Å². The quantitative estimate of drug-likeness (QED) is 0.873. The summed E-state index contributed by atoms with van der Waals surface area (Å²) in [5.41, 5.74) is 1.63. The summed E-state index contributed by atoms with van der Waals surface area (Å²) in [6.07, 6.45) is 1.82. The van der Waals surface area contributed by atoms with Crippen LogP contribution in [-0.4, -0.2) is 43.1 Å². The highest BCUT2D eigenvalue weighted by molar-refractivity contribution is 5.95. The Kier molecular flexibility index (Phi) is 5.93. The molecule has 1 aromatic carbocycles. The predicted molar refractivity (Wildman–Crippen MR) is 85.2 cm³/mol. The number of hydrogen-bond donors (Lipinski definition) is 1. The van der Waals surface area contributed by atoms with E-state index in [2.05, 4.69) is 10.1 Å². The van der Waals surface area contributed by atoms with Crippen LogP contribution in [-0.2, 0) is 0 Å². The fraction of sp³-hybridized carbons (Fsp3) is 0.588. The Morgan fingerprint density at radius 3 is 2.52 bits per heavy atom. The molecule has 0 spiro atoms. The second-order valence-corrected chi connectivity index (χ2v) is 5.96. The van der Waals surface area contributed by atoms with Crippen molar-refractivity contribution in [2.45, 2.75) is 46.3 Å². The summed E-state index contributed by atoms with van der Waals surface area (Å²) in [4.78, 5) is 14.8. The van der Waals surface area contributed by atoms with E-state index in [0.29, 0.717) is 23.2 Å². The van der Waals surface area contributed by atoms with E-state index in [1.54, 1.807) is 26.0 Å². The third-order valence-corrected chi connectivity index (χ3v) is 4.11. The zero-order chi connectivity index (χ0) is 17.0. The van der Waals surface area contributed by atoms with Gasteiger partial charge in [0.2, 0.25) is 0 Å². The lowest BCUT2D eigenvalue weighted by atomic mass is 10.0. The smallest absolute Gasteiger partial charge is 0.387 e. The summed E-state index contributed by atoms with van der Waals surface area (Å²) in [7, 11) is 0. The summed E-state index contributed by atoms with van der Waals surface area (Å²) in [5.74, 6) is 0.108. The fourth-order valence-corrected chi connectivity index (χ4v) is 3.11. The zero-order valence-electron chi connectivity index (χ0n) is 13.9. The molecule has 23 heavy (non-hydrogen) atoms. The number of rotatable bonds is 6. The molecule has 1 fully saturated rings. The Hall–Kier alpha value is -1.69. The molecule has 4 nitrogen and oxygen atoms in total. The number of alkyl halides is 2. The first-order chi connectivity index (χ1) is 10.9. The van der Waals surface area contributed by atoms with Crippen molar-refractivity contribution in [2.75, 3.05) is 19.6 Å². The molecule has 0 unspecified atom stereocenters. The molecule has 1 saturated heterocycles. The normalized spacial score (nSPS) is 17.6. The average molecular weight is 326 g/mol. The Bertz CT molecular complexity index is 535. The lowest BCUT2D eigenvalue weighted by Crippen LogP contribution is -2.42.